The van der Waals surface area contributed by atoms with Crippen LogP contribution in [0.25, 0.3) is 0 Å². The highest BCUT2D eigenvalue weighted by atomic mass is 19.1. The minimum absolute atomic E-state index is 0.116. The summed E-state index contributed by atoms with van der Waals surface area (Å²) in [6.45, 7) is 2.73. The molecule has 2 aromatic carbocycles. The number of aryl methyl sites for hydroxylation is 1. The lowest BCUT2D eigenvalue weighted by molar-refractivity contribution is 0.559. The van der Waals surface area contributed by atoms with Crippen molar-refractivity contribution in [3.8, 4) is 0 Å². The van der Waals surface area contributed by atoms with Gasteiger partial charge in [0, 0.05) is 6.54 Å². The zero-order valence-electron chi connectivity index (χ0n) is 10.4. The molecule has 2 heteroatoms. The molecule has 1 nitrogen and oxygen atoms in total. The van der Waals surface area contributed by atoms with Gasteiger partial charge in [0.2, 0.25) is 0 Å². The fourth-order valence-electron chi connectivity index (χ4n) is 2.59. The van der Waals surface area contributed by atoms with Crippen LogP contribution in [-0.2, 0) is 6.42 Å². The first-order chi connectivity index (χ1) is 8.75. The molecule has 1 N–H and O–H groups in total. The summed E-state index contributed by atoms with van der Waals surface area (Å²) in [6.07, 6.45) is 1.04. The normalized spacial score (nSPS) is 18.4. The summed E-state index contributed by atoms with van der Waals surface area (Å²) in [5.41, 5.74) is 4.34. The van der Waals surface area contributed by atoms with Crippen molar-refractivity contribution in [3.63, 3.8) is 0 Å². The number of rotatable bonds is 1. The number of nitrogens with one attached hydrogen (secondary N) is 1. The van der Waals surface area contributed by atoms with Crippen molar-refractivity contribution in [3.05, 3.63) is 70.5 Å². The molecule has 92 valence electrons. The molecule has 2 aromatic rings. The molecule has 0 fully saturated rings. The van der Waals surface area contributed by atoms with Gasteiger partial charge in [-0.1, -0.05) is 36.4 Å². The second kappa shape index (κ2) is 4.54. The van der Waals surface area contributed by atoms with Gasteiger partial charge in [-0.15, -0.1) is 0 Å². The van der Waals surface area contributed by atoms with Crippen molar-refractivity contribution in [1.82, 2.24) is 5.32 Å². The number of hydrogen-bond acceptors (Lipinski definition) is 1. The van der Waals surface area contributed by atoms with Gasteiger partial charge in [0.25, 0.3) is 0 Å². The minimum atomic E-state index is -0.127. The lowest BCUT2D eigenvalue weighted by Crippen LogP contribution is -2.30. The van der Waals surface area contributed by atoms with E-state index < -0.39 is 0 Å². The molecule has 0 radical (unpaired) electrons. The predicted molar refractivity (Wildman–Crippen MR) is 71.1 cm³/mol. The Morgan fingerprint density at radius 2 is 2.00 bits per heavy atom. The van der Waals surface area contributed by atoms with E-state index in [4.69, 9.17) is 0 Å². The second-order valence-electron chi connectivity index (χ2n) is 4.84. The van der Waals surface area contributed by atoms with Gasteiger partial charge in [0.05, 0.1) is 6.04 Å². The highest BCUT2D eigenvalue weighted by molar-refractivity contribution is 5.40. The van der Waals surface area contributed by atoms with Gasteiger partial charge in [-0.05, 0) is 41.7 Å². The molecule has 0 unspecified atom stereocenters. The largest absolute Gasteiger partial charge is 0.306 e. The van der Waals surface area contributed by atoms with E-state index in [0.29, 0.717) is 5.56 Å². The molecule has 0 spiro atoms. The molecule has 1 aliphatic heterocycles. The molecule has 18 heavy (non-hydrogen) atoms. The maximum atomic E-state index is 13.7. The molecular formula is C16H16FN. The summed E-state index contributed by atoms with van der Waals surface area (Å²) >= 11 is 0. The van der Waals surface area contributed by atoms with Gasteiger partial charge in [0.15, 0.2) is 0 Å². The quantitative estimate of drug-likeness (QED) is 0.807. The monoisotopic (exact) mass is 241 g/mol. The summed E-state index contributed by atoms with van der Waals surface area (Å²) < 4.78 is 13.7. The van der Waals surface area contributed by atoms with E-state index in [2.05, 4.69) is 23.5 Å². The molecule has 0 aliphatic carbocycles. The van der Waals surface area contributed by atoms with Crippen LogP contribution in [0.1, 0.15) is 28.3 Å². The topological polar surface area (TPSA) is 12.0 Å². The zero-order valence-corrected chi connectivity index (χ0v) is 10.4. The van der Waals surface area contributed by atoms with Gasteiger partial charge in [0.1, 0.15) is 5.82 Å². The van der Waals surface area contributed by atoms with Crippen LogP contribution in [0.4, 0.5) is 4.39 Å². The van der Waals surface area contributed by atoms with Crippen LogP contribution in [0.2, 0.25) is 0 Å². The molecule has 0 saturated heterocycles. The Kier molecular flexibility index (Phi) is 2.88. The Labute approximate surface area is 107 Å². The van der Waals surface area contributed by atoms with Crippen LogP contribution < -0.4 is 5.32 Å². The molecule has 0 saturated carbocycles. The molecule has 1 aliphatic rings. The molecule has 0 amide bonds. The van der Waals surface area contributed by atoms with E-state index in [1.165, 1.54) is 11.1 Å². The maximum Gasteiger partial charge on any atom is 0.126 e. The van der Waals surface area contributed by atoms with Gasteiger partial charge in [-0.25, -0.2) is 4.39 Å². The average molecular weight is 241 g/mol. The predicted octanol–water partition coefficient (Wildman–Crippen LogP) is 3.37. The molecule has 3 rings (SSSR count). The van der Waals surface area contributed by atoms with Crippen LogP contribution in [0.15, 0.2) is 42.5 Å². The number of benzene rings is 2. The first kappa shape index (κ1) is 11.4. The van der Waals surface area contributed by atoms with E-state index >= 15 is 0 Å². The van der Waals surface area contributed by atoms with Gasteiger partial charge in [-0.3, -0.25) is 0 Å². The highest BCUT2D eigenvalue weighted by Crippen LogP contribution is 2.29. The summed E-state index contributed by atoms with van der Waals surface area (Å²) in [5, 5.41) is 3.47. The van der Waals surface area contributed by atoms with E-state index in [0.717, 1.165) is 18.5 Å². The lowest BCUT2D eigenvalue weighted by Gasteiger charge is -2.27. The molecule has 0 bridgehead atoms. The SMILES string of the molecule is Cc1ccc([C@@H]2NCCc3ccccc32)cc1F. The van der Waals surface area contributed by atoms with Crippen LogP contribution >= 0.6 is 0 Å². The van der Waals surface area contributed by atoms with Gasteiger partial charge >= 0.3 is 0 Å². The summed E-state index contributed by atoms with van der Waals surface area (Å²) in [7, 11) is 0. The molecular weight excluding hydrogens is 225 g/mol. The standard InChI is InChI=1S/C16H16FN/c1-11-6-7-13(10-15(11)17)16-14-5-3-2-4-12(14)8-9-18-16/h2-7,10,16,18H,8-9H2,1H3/t16-/m0/s1. The smallest absolute Gasteiger partial charge is 0.126 e. The van der Waals surface area contributed by atoms with Crippen LogP contribution in [-0.4, -0.2) is 6.54 Å². The first-order valence-electron chi connectivity index (χ1n) is 6.33. The van der Waals surface area contributed by atoms with Crippen molar-refractivity contribution < 1.29 is 4.39 Å². The maximum absolute atomic E-state index is 13.7. The Bertz CT molecular complexity index is 577. The summed E-state index contributed by atoms with van der Waals surface area (Å²) in [4.78, 5) is 0. The Balaban J connectivity index is 2.05. The van der Waals surface area contributed by atoms with Crippen molar-refractivity contribution in [2.45, 2.75) is 19.4 Å². The third kappa shape index (κ3) is 1.93. The number of fused-ring (bicyclic) bond motifs is 1. The van der Waals surface area contributed by atoms with Crippen molar-refractivity contribution >= 4 is 0 Å². The van der Waals surface area contributed by atoms with E-state index in [1.807, 2.05) is 18.2 Å². The Morgan fingerprint density at radius 1 is 1.17 bits per heavy atom. The number of halogens is 1. The van der Waals surface area contributed by atoms with E-state index in [-0.39, 0.29) is 11.9 Å². The second-order valence-corrected chi connectivity index (χ2v) is 4.84. The van der Waals surface area contributed by atoms with Crippen LogP contribution in [0.3, 0.4) is 0 Å². The van der Waals surface area contributed by atoms with Crippen molar-refractivity contribution in [1.29, 1.82) is 0 Å². The zero-order chi connectivity index (χ0) is 12.5. The van der Waals surface area contributed by atoms with Gasteiger partial charge < -0.3 is 5.32 Å². The van der Waals surface area contributed by atoms with Crippen LogP contribution in [0.5, 0.6) is 0 Å². The van der Waals surface area contributed by atoms with E-state index in [1.54, 1.807) is 13.0 Å². The van der Waals surface area contributed by atoms with Crippen LogP contribution in [0, 0.1) is 12.7 Å². The lowest BCUT2D eigenvalue weighted by atomic mass is 9.89. The first-order valence-corrected chi connectivity index (χ1v) is 6.33. The highest BCUT2D eigenvalue weighted by Gasteiger charge is 2.21. The fourth-order valence-corrected chi connectivity index (χ4v) is 2.59. The van der Waals surface area contributed by atoms with E-state index in [9.17, 15) is 4.39 Å². The molecule has 1 atom stereocenters. The molecule has 0 aromatic heterocycles. The van der Waals surface area contributed by atoms with Crippen molar-refractivity contribution in [2.24, 2.45) is 0 Å². The Hall–Kier alpha value is -1.67. The third-order valence-electron chi connectivity index (χ3n) is 3.64. The average Bonchev–Trinajstić information content (AvgIpc) is 2.41. The summed E-state index contributed by atoms with van der Waals surface area (Å²) in [5.74, 6) is -0.127. The number of hydrogen-bond donors (Lipinski definition) is 1. The Morgan fingerprint density at radius 3 is 2.83 bits per heavy atom. The minimum Gasteiger partial charge on any atom is -0.306 e. The fraction of sp³-hybridized carbons (Fsp3) is 0.250. The summed E-state index contributed by atoms with van der Waals surface area (Å²) in [6, 6.07) is 14.0. The van der Waals surface area contributed by atoms with Gasteiger partial charge in [-0.2, -0.15) is 0 Å². The van der Waals surface area contributed by atoms with Crippen molar-refractivity contribution in [2.75, 3.05) is 6.54 Å². The third-order valence-corrected chi connectivity index (χ3v) is 3.64. The molecule has 1 heterocycles.